The van der Waals surface area contributed by atoms with Crippen LogP contribution in [0.15, 0.2) is 0 Å². The quantitative estimate of drug-likeness (QED) is 0.892. The van der Waals surface area contributed by atoms with E-state index in [1.807, 2.05) is 18.7 Å². The van der Waals surface area contributed by atoms with Crippen molar-refractivity contribution in [2.24, 2.45) is 0 Å². The molecule has 1 N–H and O–H groups in total. The standard InChI is InChI=1S/C11H17N3O2S/c1-7(10-13-12-8(2)17-10)14-6-4-3-5-9(14)11(15)16/h7,9H,3-6H2,1-2H3,(H,15,16)/t7-,9-/m0/s1. The molecular formula is C11H17N3O2S. The van der Waals surface area contributed by atoms with Crippen LogP contribution in [0.2, 0.25) is 0 Å². The number of likely N-dealkylation sites (tertiary alicyclic amines) is 1. The molecule has 0 saturated carbocycles. The summed E-state index contributed by atoms with van der Waals surface area (Å²) >= 11 is 1.55. The Balaban J connectivity index is 2.16. The van der Waals surface area contributed by atoms with Gasteiger partial charge in [-0.15, -0.1) is 21.5 Å². The van der Waals surface area contributed by atoms with Crippen LogP contribution in [0.25, 0.3) is 0 Å². The van der Waals surface area contributed by atoms with E-state index >= 15 is 0 Å². The maximum atomic E-state index is 11.2. The van der Waals surface area contributed by atoms with Gasteiger partial charge >= 0.3 is 5.97 Å². The maximum Gasteiger partial charge on any atom is 0.320 e. The number of hydrogen-bond donors (Lipinski definition) is 1. The van der Waals surface area contributed by atoms with Crippen molar-refractivity contribution in [1.82, 2.24) is 15.1 Å². The lowest BCUT2D eigenvalue weighted by atomic mass is 10.0. The summed E-state index contributed by atoms with van der Waals surface area (Å²) in [7, 11) is 0. The molecule has 1 aromatic heterocycles. The summed E-state index contributed by atoms with van der Waals surface area (Å²) in [6.07, 6.45) is 2.79. The number of aryl methyl sites for hydroxylation is 1. The Hall–Kier alpha value is -1.01. The van der Waals surface area contributed by atoms with E-state index in [1.165, 1.54) is 0 Å². The largest absolute Gasteiger partial charge is 0.480 e. The number of hydrogen-bond acceptors (Lipinski definition) is 5. The molecule has 1 saturated heterocycles. The van der Waals surface area contributed by atoms with Gasteiger partial charge in [0, 0.05) is 0 Å². The molecule has 0 aromatic carbocycles. The minimum atomic E-state index is -0.724. The van der Waals surface area contributed by atoms with E-state index in [4.69, 9.17) is 0 Å². The molecule has 6 heteroatoms. The molecule has 0 unspecified atom stereocenters. The molecule has 0 radical (unpaired) electrons. The molecule has 0 aliphatic carbocycles. The maximum absolute atomic E-state index is 11.2. The van der Waals surface area contributed by atoms with Gasteiger partial charge in [0.15, 0.2) is 0 Å². The van der Waals surface area contributed by atoms with Crippen LogP contribution in [0.1, 0.15) is 42.2 Å². The van der Waals surface area contributed by atoms with Crippen molar-refractivity contribution in [1.29, 1.82) is 0 Å². The van der Waals surface area contributed by atoms with Crippen molar-refractivity contribution in [2.75, 3.05) is 6.54 Å². The average molecular weight is 255 g/mol. The minimum absolute atomic E-state index is 0.0441. The molecule has 0 spiro atoms. The normalized spacial score (nSPS) is 23.5. The Kier molecular flexibility index (Phi) is 3.73. The van der Waals surface area contributed by atoms with Crippen LogP contribution in [-0.4, -0.2) is 38.8 Å². The van der Waals surface area contributed by atoms with Crippen molar-refractivity contribution >= 4 is 17.3 Å². The first-order valence-corrected chi connectivity index (χ1v) is 6.70. The first kappa shape index (κ1) is 12.4. The first-order chi connectivity index (χ1) is 8.09. The summed E-state index contributed by atoms with van der Waals surface area (Å²) in [6, 6.07) is -0.328. The predicted molar refractivity (Wildman–Crippen MR) is 65.0 cm³/mol. The van der Waals surface area contributed by atoms with E-state index in [9.17, 15) is 9.90 Å². The number of nitrogens with zero attached hydrogens (tertiary/aromatic N) is 3. The molecule has 94 valence electrons. The minimum Gasteiger partial charge on any atom is -0.480 e. The van der Waals surface area contributed by atoms with Gasteiger partial charge in [-0.3, -0.25) is 9.69 Å². The second-order valence-corrected chi connectivity index (χ2v) is 5.64. The van der Waals surface area contributed by atoms with Crippen molar-refractivity contribution in [3.05, 3.63) is 10.0 Å². The van der Waals surface area contributed by atoms with Gasteiger partial charge in [0.05, 0.1) is 6.04 Å². The van der Waals surface area contributed by atoms with Gasteiger partial charge in [0.25, 0.3) is 0 Å². The molecule has 2 heterocycles. The lowest BCUT2D eigenvalue weighted by molar-refractivity contribution is -0.145. The van der Waals surface area contributed by atoms with E-state index in [0.717, 1.165) is 35.8 Å². The van der Waals surface area contributed by atoms with Crippen LogP contribution >= 0.6 is 11.3 Å². The van der Waals surface area contributed by atoms with Gasteiger partial charge in [0.2, 0.25) is 0 Å². The van der Waals surface area contributed by atoms with E-state index in [0.29, 0.717) is 0 Å². The zero-order valence-electron chi connectivity index (χ0n) is 10.1. The summed E-state index contributed by atoms with van der Waals surface area (Å²) in [5.74, 6) is -0.724. The summed E-state index contributed by atoms with van der Waals surface area (Å²) in [5, 5.41) is 19.2. The highest BCUT2D eigenvalue weighted by molar-refractivity contribution is 7.11. The van der Waals surface area contributed by atoms with Crippen LogP contribution in [0.5, 0.6) is 0 Å². The summed E-state index contributed by atoms with van der Waals surface area (Å²) in [4.78, 5) is 13.3. The lowest BCUT2D eigenvalue weighted by Crippen LogP contribution is -2.45. The Morgan fingerprint density at radius 1 is 1.53 bits per heavy atom. The Morgan fingerprint density at radius 2 is 2.29 bits per heavy atom. The van der Waals surface area contributed by atoms with E-state index in [-0.39, 0.29) is 12.1 Å². The van der Waals surface area contributed by atoms with E-state index < -0.39 is 5.97 Å². The van der Waals surface area contributed by atoms with Crippen molar-refractivity contribution < 1.29 is 9.90 Å². The van der Waals surface area contributed by atoms with Gasteiger partial charge in [-0.1, -0.05) is 6.42 Å². The summed E-state index contributed by atoms with van der Waals surface area (Å²) in [6.45, 7) is 4.76. The van der Waals surface area contributed by atoms with E-state index in [1.54, 1.807) is 11.3 Å². The number of carboxylic acids is 1. The second-order valence-electron chi connectivity index (χ2n) is 4.42. The van der Waals surface area contributed by atoms with Crippen molar-refractivity contribution in [2.45, 2.75) is 45.2 Å². The summed E-state index contributed by atoms with van der Waals surface area (Å²) < 4.78 is 0. The Morgan fingerprint density at radius 3 is 2.88 bits per heavy atom. The smallest absolute Gasteiger partial charge is 0.320 e. The predicted octanol–water partition coefficient (Wildman–Crippen LogP) is 1.85. The summed E-state index contributed by atoms with van der Waals surface area (Å²) in [5.41, 5.74) is 0. The Labute approximate surface area is 104 Å². The monoisotopic (exact) mass is 255 g/mol. The van der Waals surface area contributed by atoms with Crippen LogP contribution in [0, 0.1) is 6.92 Å². The first-order valence-electron chi connectivity index (χ1n) is 5.88. The number of aliphatic carboxylic acids is 1. The Bertz CT molecular complexity index is 407. The molecule has 2 atom stereocenters. The van der Waals surface area contributed by atoms with Gasteiger partial charge in [-0.05, 0) is 33.2 Å². The zero-order chi connectivity index (χ0) is 12.4. The topological polar surface area (TPSA) is 66.3 Å². The van der Waals surface area contributed by atoms with Crippen LogP contribution in [0.3, 0.4) is 0 Å². The molecule has 5 nitrogen and oxygen atoms in total. The second kappa shape index (κ2) is 5.10. The number of aromatic nitrogens is 2. The fourth-order valence-electron chi connectivity index (χ4n) is 2.31. The highest BCUT2D eigenvalue weighted by Crippen LogP contribution is 2.29. The van der Waals surface area contributed by atoms with Gasteiger partial charge in [0.1, 0.15) is 16.1 Å². The SMILES string of the molecule is Cc1nnc([C@H](C)N2CCCC[C@H]2C(=O)O)s1. The third-order valence-corrected chi connectivity index (χ3v) is 4.23. The number of carboxylic acid groups (broad SMARTS) is 1. The molecule has 1 aliphatic heterocycles. The molecule has 1 aromatic rings. The van der Waals surface area contributed by atoms with Crippen LogP contribution in [0.4, 0.5) is 0 Å². The molecule has 2 rings (SSSR count). The number of piperidine rings is 1. The highest BCUT2D eigenvalue weighted by atomic mass is 32.1. The van der Waals surface area contributed by atoms with Gasteiger partial charge in [-0.2, -0.15) is 0 Å². The third-order valence-electron chi connectivity index (χ3n) is 3.23. The van der Waals surface area contributed by atoms with Gasteiger partial charge in [-0.25, -0.2) is 0 Å². The van der Waals surface area contributed by atoms with Crippen molar-refractivity contribution in [3.8, 4) is 0 Å². The molecular weight excluding hydrogens is 238 g/mol. The van der Waals surface area contributed by atoms with Gasteiger partial charge < -0.3 is 5.11 Å². The van der Waals surface area contributed by atoms with Crippen molar-refractivity contribution in [3.63, 3.8) is 0 Å². The molecule has 0 amide bonds. The average Bonchev–Trinajstić information content (AvgIpc) is 2.75. The molecule has 0 bridgehead atoms. The third kappa shape index (κ3) is 2.63. The highest BCUT2D eigenvalue weighted by Gasteiger charge is 2.33. The lowest BCUT2D eigenvalue weighted by Gasteiger charge is -2.36. The fourth-order valence-corrected chi connectivity index (χ4v) is 3.08. The van der Waals surface area contributed by atoms with Crippen LogP contribution < -0.4 is 0 Å². The zero-order valence-corrected chi connectivity index (χ0v) is 10.9. The number of rotatable bonds is 3. The van der Waals surface area contributed by atoms with Crippen LogP contribution in [-0.2, 0) is 4.79 Å². The number of carbonyl (C=O) groups is 1. The molecule has 1 aliphatic rings. The fraction of sp³-hybridized carbons (Fsp3) is 0.727. The van der Waals surface area contributed by atoms with E-state index in [2.05, 4.69) is 10.2 Å². The molecule has 17 heavy (non-hydrogen) atoms. The molecule has 1 fully saturated rings.